The maximum atomic E-state index is 5.49. The first-order valence-electron chi connectivity index (χ1n) is 5.85. The molecule has 0 saturated carbocycles. The van der Waals surface area contributed by atoms with Gasteiger partial charge in [0.05, 0.1) is 6.10 Å². The SMILES string of the molecule is CNCCSSCOCCCCOC(C)C. The van der Waals surface area contributed by atoms with Gasteiger partial charge in [0.15, 0.2) is 0 Å². The topological polar surface area (TPSA) is 30.5 Å². The Hall–Kier alpha value is 0.580. The zero-order chi connectivity index (χ0) is 12.1. The second-order valence-electron chi connectivity index (χ2n) is 3.70. The van der Waals surface area contributed by atoms with Crippen LogP contribution in [0.3, 0.4) is 0 Å². The first-order valence-corrected chi connectivity index (χ1v) is 8.34. The van der Waals surface area contributed by atoms with Crippen LogP contribution < -0.4 is 5.32 Å². The number of nitrogens with one attached hydrogen (secondary N) is 1. The van der Waals surface area contributed by atoms with Crippen molar-refractivity contribution in [2.75, 3.05) is 38.5 Å². The first kappa shape index (κ1) is 16.6. The molecule has 0 rings (SSSR count). The highest BCUT2D eigenvalue weighted by Crippen LogP contribution is 2.20. The average Bonchev–Trinajstić information content (AvgIpc) is 2.25. The first-order chi connectivity index (χ1) is 7.77. The molecule has 0 bridgehead atoms. The van der Waals surface area contributed by atoms with Gasteiger partial charge in [-0.3, -0.25) is 0 Å². The lowest BCUT2D eigenvalue weighted by Gasteiger charge is -2.07. The fraction of sp³-hybridized carbons (Fsp3) is 1.00. The van der Waals surface area contributed by atoms with E-state index in [-0.39, 0.29) is 0 Å². The molecule has 0 aromatic heterocycles. The molecule has 1 N–H and O–H groups in total. The van der Waals surface area contributed by atoms with Crippen LogP contribution in [-0.2, 0) is 9.47 Å². The summed E-state index contributed by atoms with van der Waals surface area (Å²) in [5, 5.41) is 3.11. The van der Waals surface area contributed by atoms with Crippen LogP contribution in [0.2, 0.25) is 0 Å². The van der Waals surface area contributed by atoms with Crippen LogP contribution in [0.1, 0.15) is 26.7 Å². The van der Waals surface area contributed by atoms with Crippen molar-refractivity contribution >= 4 is 21.6 Å². The normalized spacial score (nSPS) is 11.2. The molecule has 0 aliphatic carbocycles. The molecule has 0 aromatic carbocycles. The van der Waals surface area contributed by atoms with Gasteiger partial charge in [-0.1, -0.05) is 21.6 Å². The van der Waals surface area contributed by atoms with Gasteiger partial charge in [-0.05, 0) is 33.7 Å². The standard InChI is InChI=1S/C11H25NO2S2/c1-11(2)14-8-5-4-7-13-10-16-15-9-6-12-3/h11-12H,4-10H2,1-3H3. The summed E-state index contributed by atoms with van der Waals surface area (Å²) in [5.41, 5.74) is 0. The second-order valence-corrected chi connectivity index (χ2v) is 6.23. The molecular formula is C11H25NO2S2. The molecule has 0 spiro atoms. The number of hydrogen-bond acceptors (Lipinski definition) is 5. The summed E-state index contributed by atoms with van der Waals surface area (Å²) in [4.78, 5) is 0. The second kappa shape index (κ2) is 13.6. The summed E-state index contributed by atoms with van der Waals surface area (Å²) in [6.45, 7) is 6.89. The molecule has 0 aliphatic rings. The summed E-state index contributed by atoms with van der Waals surface area (Å²) >= 11 is 0. The lowest BCUT2D eigenvalue weighted by atomic mass is 10.3. The lowest BCUT2D eigenvalue weighted by molar-refractivity contribution is 0.0702. The van der Waals surface area contributed by atoms with E-state index in [0.717, 1.165) is 44.3 Å². The van der Waals surface area contributed by atoms with Gasteiger partial charge in [-0.25, -0.2) is 0 Å². The molecule has 98 valence electrons. The maximum absolute atomic E-state index is 5.49. The molecule has 0 radical (unpaired) electrons. The third-order valence-electron chi connectivity index (χ3n) is 1.78. The van der Waals surface area contributed by atoms with E-state index in [0.29, 0.717) is 6.10 Å². The van der Waals surface area contributed by atoms with Crippen molar-refractivity contribution in [2.24, 2.45) is 0 Å². The number of hydrogen-bond donors (Lipinski definition) is 1. The Bertz CT molecular complexity index is 137. The summed E-state index contributed by atoms with van der Waals surface area (Å²) in [7, 11) is 5.61. The molecule has 0 heterocycles. The summed E-state index contributed by atoms with van der Waals surface area (Å²) in [6, 6.07) is 0. The van der Waals surface area contributed by atoms with Crippen molar-refractivity contribution < 1.29 is 9.47 Å². The molecule has 3 nitrogen and oxygen atoms in total. The van der Waals surface area contributed by atoms with Crippen molar-refractivity contribution in [3.63, 3.8) is 0 Å². The minimum Gasteiger partial charge on any atom is -0.379 e. The summed E-state index contributed by atoms with van der Waals surface area (Å²) in [6.07, 6.45) is 2.53. The average molecular weight is 267 g/mol. The predicted octanol–water partition coefficient (Wildman–Crippen LogP) is 2.77. The van der Waals surface area contributed by atoms with E-state index >= 15 is 0 Å². The Kier molecular flexibility index (Phi) is 14.1. The molecule has 0 unspecified atom stereocenters. The molecule has 0 amide bonds. The summed E-state index contributed by atoms with van der Waals surface area (Å²) < 4.78 is 10.9. The van der Waals surface area contributed by atoms with E-state index in [2.05, 4.69) is 19.2 Å². The Morgan fingerprint density at radius 3 is 2.56 bits per heavy atom. The van der Waals surface area contributed by atoms with Crippen LogP contribution in [0.4, 0.5) is 0 Å². The third-order valence-corrected chi connectivity index (χ3v) is 3.87. The molecule has 0 fully saturated rings. The third kappa shape index (κ3) is 14.6. The van der Waals surface area contributed by atoms with E-state index in [1.807, 2.05) is 17.8 Å². The summed E-state index contributed by atoms with van der Waals surface area (Å²) in [5.74, 6) is 1.92. The molecule has 0 atom stereocenters. The minimum atomic E-state index is 0.347. The van der Waals surface area contributed by atoms with Gasteiger partial charge in [-0.2, -0.15) is 0 Å². The van der Waals surface area contributed by atoms with Gasteiger partial charge in [-0.15, -0.1) is 0 Å². The van der Waals surface area contributed by atoms with E-state index < -0.39 is 0 Å². The van der Waals surface area contributed by atoms with Crippen molar-refractivity contribution in [1.82, 2.24) is 5.32 Å². The van der Waals surface area contributed by atoms with Gasteiger partial charge in [0, 0.05) is 25.5 Å². The van der Waals surface area contributed by atoms with E-state index in [9.17, 15) is 0 Å². The molecule has 0 aromatic rings. The van der Waals surface area contributed by atoms with Crippen LogP contribution in [-0.4, -0.2) is 44.6 Å². The smallest absolute Gasteiger partial charge is 0.102 e. The highest BCUT2D eigenvalue weighted by molar-refractivity contribution is 8.76. The van der Waals surface area contributed by atoms with Gasteiger partial charge < -0.3 is 14.8 Å². The van der Waals surface area contributed by atoms with Crippen LogP contribution in [0.15, 0.2) is 0 Å². The van der Waals surface area contributed by atoms with Gasteiger partial charge in [0.25, 0.3) is 0 Å². The van der Waals surface area contributed by atoms with Gasteiger partial charge in [0.2, 0.25) is 0 Å². The van der Waals surface area contributed by atoms with Crippen LogP contribution in [0, 0.1) is 0 Å². The Labute approximate surface area is 108 Å². The van der Waals surface area contributed by atoms with E-state index in [1.165, 1.54) is 0 Å². The van der Waals surface area contributed by atoms with Crippen molar-refractivity contribution in [3.05, 3.63) is 0 Å². The van der Waals surface area contributed by atoms with Crippen molar-refractivity contribution in [3.8, 4) is 0 Å². The Morgan fingerprint density at radius 2 is 1.88 bits per heavy atom. The largest absolute Gasteiger partial charge is 0.379 e. The van der Waals surface area contributed by atoms with E-state index in [1.54, 1.807) is 10.8 Å². The molecular weight excluding hydrogens is 242 g/mol. The number of rotatable bonds is 12. The molecule has 5 heteroatoms. The molecule has 16 heavy (non-hydrogen) atoms. The maximum Gasteiger partial charge on any atom is 0.102 e. The van der Waals surface area contributed by atoms with Crippen LogP contribution in [0.25, 0.3) is 0 Å². The number of ether oxygens (including phenoxy) is 2. The Balaban J connectivity index is 2.88. The van der Waals surface area contributed by atoms with Crippen LogP contribution >= 0.6 is 21.6 Å². The quantitative estimate of drug-likeness (QED) is 0.334. The lowest BCUT2D eigenvalue weighted by Crippen LogP contribution is -2.09. The number of unbranched alkanes of at least 4 members (excludes halogenated alkanes) is 1. The predicted molar refractivity (Wildman–Crippen MR) is 75.1 cm³/mol. The Morgan fingerprint density at radius 1 is 1.12 bits per heavy atom. The zero-order valence-electron chi connectivity index (χ0n) is 10.7. The molecule has 0 saturated heterocycles. The highest BCUT2D eigenvalue weighted by atomic mass is 33.1. The molecule has 0 aliphatic heterocycles. The van der Waals surface area contributed by atoms with Gasteiger partial charge in [0.1, 0.15) is 5.94 Å². The minimum absolute atomic E-state index is 0.347. The van der Waals surface area contributed by atoms with Crippen LogP contribution in [0.5, 0.6) is 0 Å². The fourth-order valence-corrected chi connectivity index (χ4v) is 2.63. The van der Waals surface area contributed by atoms with E-state index in [4.69, 9.17) is 9.47 Å². The highest BCUT2D eigenvalue weighted by Gasteiger charge is 1.94. The monoisotopic (exact) mass is 267 g/mol. The van der Waals surface area contributed by atoms with Crippen molar-refractivity contribution in [2.45, 2.75) is 32.8 Å². The fourth-order valence-electron chi connectivity index (χ4n) is 0.955. The van der Waals surface area contributed by atoms with Crippen molar-refractivity contribution in [1.29, 1.82) is 0 Å². The van der Waals surface area contributed by atoms with Gasteiger partial charge >= 0.3 is 0 Å². The zero-order valence-corrected chi connectivity index (χ0v) is 12.3.